The average Bonchev–Trinajstić information content (AvgIpc) is 2.56. The second-order valence-electron chi connectivity index (χ2n) is 5.38. The largest absolute Gasteiger partial charge is 0.366 e. The molecule has 0 aliphatic heterocycles. The topological polar surface area (TPSA) is 43.1 Å². The summed E-state index contributed by atoms with van der Waals surface area (Å²) in [5.41, 5.74) is 11.6. The van der Waals surface area contributed by atoms with Crippen LogP contribution in [0, 0.1) is 6.92 Å². The Kier molecular flexibility index (Phi) is 3.75. The zero-order chi connectivity index (χ0) is 15.5. The molecule has 0 radical (unpaired) electrons. The second kappa shape index (κ2) is 5.86. The van der Waals surface area contributed by atoms with Gasteiger partial charge in [-0.2, -0.15) is 0 Å². The van der Waals surface area contributed by atoms with Crippen molar-refractivity contribution in [3.8, 4) is 22.3 Å². The zero-order valence-electron chi connectivity index (χ0n) is 12.4. The molecule has 108 valence electrons. The fourth-order valence-corrected chi connectivity index (χ4v) is 2.43. The van der Waals surface area contributed by atoms with Gasteiger partial charge in [-0.05, 0) is 41.3 Å². The van der Waals surface area contributed by atoms with Crippen LogP contribution >= 0.6 is 0 Å². The van der Waals surface area contributed by atoms with Crippen LogP contribution in [-0.4, -0.2) is 5.91 Å². The van der Waals surface area contributed by atoms with E-state index in [4.69, 9.17) is 5.73 Å². The van der Waals surface area contributed by atoms with Crippen molar-refractivity contribution in [3.05, 3.63) is 83.9 Å². The Morgan fingerprint density at radius 3 is 1.32 bits per heavy atom. The first-order valence-electron chi connectivity index (χ1n) is 7.21. The number of benzene rings is 3. The smallest absolute Gasteiger partial charge is 0.248 e. The van der Waals surface area contributed by atoms with Gasteiger partial charge in [0.2, 0.25) is 5.91 Å². The van der Waals surface area contributed by atoms with E-state index in [-0.39, 0.29) is 0 Å². The van der Waals surface area contributed by atoms with Gasteiger partial charge in [0.15, 0.2) is 0 Å². The Morgan fingerprint density at radius 1 is 0.636 bits per heavy atom. The maximum Gasteiger partial charge on any atom is 0.248 e. The Bertz CT molecular complexity index is 785. The van der Waals surface area contributed by atoms with Crippen molar-refractivity contribution < 1.29 is 4.79 Å². The van der Waals surface area contributed by atoms with Gasteiger partial charge in [-0.15, -0.1) is 0 Å². The summed E-state index contributed by atoms with van der Waals surface area (Å²) in [6.07, 6.45) is 0. The number of carbonyl (C=O) groups excluding carboxylic acids is 1. The summed E-state index contributed by atoms with van der Waals surface area (Å²) < 4.78 is 0. The minimum atomic E-state index is -0.402. The van der Waals surface area contributed by atoms with Gasteiger partial charge in [0.1, 0.15) is 0 Å². The van der Waals surface area contributed by atoms with Gasteiger partial charge in [0, 0.05) is 5.56 Å². The molecule has 2 N–H and O–H groups in total. The van der Waals surface area contributed by atoms with E-state index in [0.29, 0.717) is 5.56 Å². The molecule has 3 rings (SSSR count). The van der Waals surface area contributed by atoms with Crippen molar-refractivity contribution in [2.24, 2.45) is 5.73 Å². The van der Waals surface area contributed by atoms with Gasteiger partial charge < -0.3 is 5.73 Å². The SMILES string of the molecule is Cc1ccc(-c2ccc(-c3ccc(C(N)=O)cc3)cc2)cc1. The van der Waals surface area contributed by atoms with Gasteiger partial charge in [-0.1, -0.05) is 66.2 Å². The van der Waals surface area contributed by atoms with Crippen LogP contribution in [0.4, 0.5) is 0 Å². The minimum Gasteiger partial charge on any atom is -0.366 e. The third kappa shape index (κ3) is 2.91. The molecule has 0 aliphatic rings. The lowest BCUT2D eigenvalue weighted by Gasteiger charge is -2.06. The Labute approximate surface area is 130 Å². The second-order valence-corrected chi connectivity index (χ2v) is 5.38. The van der Waals surface area contributed by atoms with E-state index >= 15 is 0 Å². The number of aryl methyl sites for hydroxylation is 1. The number of hydrogen-bond donors (Lipinski definition) is 1. The molecule has 1 amide bonds. The van der Waals surface area contributed by atoms with Crippen LogP contribution in [-0.2, 0) is 0 Å². The summed E-state index contributed by atoms with van der Waals surface area (Å²) in [6, 6.07) is 24.3. The van der Waals surface area contributed by atoms with E-state index in [0.717, 1.165) is 11.1 Å². The van der Waals surface area contributed by atoms with Gasteiger partial charge in [-0.3, -0.25) is 4.79 Å². The van der Waals surface area contributed by atoms with E-state index in [2.05, 4.69) is 55.5 Å². The van der Waals surface area contributed by atoms with Crippen molar-refractivity contribution in [1.29, 1.82) is 0 Å². The number of hydrogen-bond acceptors (Lipinski definition) is 1. The third-order valence-electron chi connectivity index (χ3n) is 3.77. The molecule has 0 heterocycles. The first-order chi connectivity index (χ1) is 10.6. The minimum absolute atomic E-state index is 0.402. The van der Waals surface area contributed by atoms with Crippen LogP contribution in [0.2, 0.25) is 0 Å². The lowest BCUT2D eigenvalue weighted by molar-refractivity contribution is 0.100. The van der Waals surface area contributed by atoms with Crippen LogP contribution < -0.4 is 5.73 Å². The highest BCUT2D eigenvalue weighted by Gasteiger charge is 2.03. The molecule has 3 aromatic carbocycles. The normalized spacial score (nSPS) is 10.4. The van der Waals surface area contributed by atoms with Crippen LogP contribution in [0.3, 0.4) is 0 Å². The van der Waals surface area contributed by atoms with Crippen LogP contribution in [0.5, 0.6) is 0 Å². The summed E-state index contributed by atoms with van der Waals surface area (Å²) in [5.74, 6) is -0.402. The first kappa shape index (κ1) is 14.1. The Hall–Kier alpha value is -2.87. The molecular formula is C20H17NO. The lowest BCUT2D eigenvalue weighted by Crippen LogP contribution is -2.10. The maximum atomic E-state index is 11.1. The van der Waals surface area contributed by atoms with E-state index in [1.807, 2.05) is 12.1 Å². The predicted molar refractivity (Wildman–Crippen MR) is 90.6 cm³/mol. The van der Waals surface area contributed by atoms with E-state index in [9.17, 15) is 4.79 Å². The predicted octanol–water partition coefficient (Wildman–Crippen LogP) is 4.43. The molecule has 2 nitrogen and oxygen atoms in total. The van der Waals surface area contributed by atoms with Crippen LogP contribution in [0.1, 0.15) is 15.9 Å². The molecule has 3 aromatic rings. The van der Waals surface area contributed by atoms with Crippen molar-refractivity contribution in [2.75, 3.05) is 0 Å². The molecule has 2 heteroatoms. The molecule has 0 bridgehead atoms. The highest BCUT2D eigenvalue weighted by atomic mass is 16.1. The monoisotopic (exact) mass is 287 g/mol. The summed E-state index contributed by atoms with van der Waals surface area (Å²) in [5, 5.41) is 0. The summed E-state index contributed by atoms with van der Waals surface area (Å²) in [4.78, 5) is 11.1. The molecule has 0 spiro atoms. The van der Waals surface area contributed by atoms with Gasteiger partial charge in [0.25, 0.3) is 0 Å². The highest BCUT2D eigenvalue weighted by molar-refractivity contribution is 5.93. The highest BCUT2D eigenvalue weighted by Crippen LogP contribution is 2.25. The fraction of sp³-hybridized carbons (Fsp3) is 0.0500. The Balaban J connectivity index is 1.87. The van der Waals surface area contributed by atoms with Crippen LogP contribution in [0.15, 0.2) is 72.8 Å². The number of primary amides is 1. The zero-order valence-corrected chi connectivity index (χ0v) is 12.4. The molecule has 0 atom stereocenters. The van der Waals surface area contributed by atoms with Crippen molar-refractivity contribution in [3.63, 3.8) is 0 Å². The third-order valence-corrected chi connectivity index (χ3v) is 3.77. The van der Waals surface area contributed by atoms with E-state index in [1.165, 1.54) is 16.7 Å². The number of rotatable bonds is 3. The van der Waals surface area contributed by atoms with Crippen LogP contribution in [0.25, 0.3) is 22.3 Å². The molecule has 0 fully saturated rings. The van der Waals surface area contributed by atoms with E-state index in [1.54, 1.807) is 12.1 Å². The first-order valence-corrected chi connectivity index (χ1v) is 7.21. The molecule has 0 saturated heterocycles. The van der Waals surface area contributed by atoms with Crippen molar-refractivity contribution in [1.82, 2.24) is 0 Å². The summed E-state index contributed by atoms with van der Waals surface area (Å²) >= 11 is 0. The molecule has 0 aromatic heterocycles. The van der Waals surface area contributed by atoms with E-state index < -0.39 is 5.91 Å². The molecule has 22 heavy (non-hydrogen) atoms. The molecule has 0 aliphatic carbocycles. The standard InChI is InChI=1S/C20H17NO/c1-14-2-4-15(5-3-14)16-6-8-17(9-7-16)18-10-12-19(13-11-18)20(21)22/h2-13H,1H3,(H2,21,22). The number of amides is 1. The summed E-state index contributed by atoms with van der Waals surface area (Å²) in [7, 11) is 0. The quantitative estimate of drug-likeness (QED) is 0.761. The van der Waals surface area contributed by atoms with Gasteiger partial charge in [0.05, 0.1) is 0 Å². The van der Waals surface area contributed by atoms with Gasteiger partial charge >= 0.3 is 0 Å². The number of carbonyl (C=O) groups is 1. The van der Waals surface area contributed by atoms with Crippen molar-refractivity contribution >= 4 is 5.91 Å². The van der Waals surface area contributed by atoms with Gasteiger partial charge in [-0.25, -0.2) is 0 Å². The van der Waals surface area contributed by atoms with Crippen molar-refractivity contribution in [2.45, 2.75) is 6.92 Å². The fourth-order valence-electron chi connectivity index (χ4n) is 2.43. The number of nitrogens with two attached hydrogens (primary N) is 1. The Morgan fingerprint density at radius 2 is 0.955 bits per heavy atom. The lowest BCUT2D eigenvalue weighted by atomic mass is 9.99. The average molecular weight is 287 g/mol. The molecule has 0 unspecified atom stereocenters. The maximum absolute atomic E-state index is 11.1. The molecular weight excluding hydrogens is 270 g/mol. The summed E-state index contributed by atoms with van der Waals surface area (Å²) in [6.45, 7) is 2.09. The molecule has 0 saturated carbocycles.